The number of carbonyl (C=O) groups excluding carboxylic acids is 2. The second kappa shape index (κ2) is 9.89. The van der Waals surface area contributed by atoms with Gasteiger partial charge in [-0.05, 0) is 42.5 Å². The minimum atomic E-state index is -0.804. The largest absolute Gasteiger partial charge is 0.467 e. The Labute approximate surface area is 200 Å². The van der Waals surface area contributed by atoms with Crippen molar-refractivity contribution in [2.24, 2.45) is 0 Å². The Morgan fingerprint density at radius 3 is 2.41 bits per heavy atom. The van der Waals surface area contributed by atoms with Crippen LogP contribution >= 0.6 is 0 Å². The first-order chi connectivity index (χ1) is 16.4. The number of fused-ring (bicyclic) bond motifs is 1. The molecule has 0 unspecified atom stereocenters. The van der Waals surface area contributed by atoms with E-state index < -0.39 is 17.6 Å². The quantitative estimate of drug-likeness (QED) is 0.529. The van der Waals surface area contributed by atoms with Gasteiger partial charge in [-0.3, -0.25) is 0 Å². The summed E-state index contributed by atoms with van der Waals surface area (Å²) in [6.07, 6.45) is 3.26. The highest BCUT2D eigenvalue weighted by Crippen LogP contribution is 2.38. The Morgan fingerprint density at radius 2 is 1.74 bits per heavy atom. The second-order valence-corrected chi connectivity index (χ2v) is 9.03. The summed E-state index contributed by atoms with van der Waals surface area (Å²) >= 11 is 0. The van der Waals surface area contributed by atoms with Crippen LogP contribution in [0.25, 0.3) is 10.9 Å². The number of aryl methyl sites for hydroxylation is 1. The topological polar surface area (TPSA) is 83.7 Å². The van der Waals surface area contributed by atoms with Gasteiger partial charge in [0.05, 0.1) is 12.7 Å². The fourth-order valence-electron chi connectivity index (χ4n) is 5.13. The van der Waals surface area contributed by atoms with E-state index in [0.29, 0.717) is 25.9 Å². The highest BCUT2D eigenvalue weighted by molar-refractivity contribution is 5.88. The Kier molecular flexibility index (Phi) is 6.93. The van der Waals surface area contributed by atoms with Gasteiger partial charge in [0, 0.05) is 43.2 Å². The third-order valence-electron chi connectivity index (χ3n) is 7.23. The van der Waals surface area contributed by atoms with Crippen LogP contribution in [0.15, 0.2) is 54.7 Å². The van der Waals surface area contributed by atoms with Crippen LogP contribution in [0.5, 0.6) is 0 Å². The standard InChI is InChI=1S/C27H33N3O4/c1-18-9-5-7-11-22(18)27(34-4)13-15-30(16-14-27)26(32)29-24(25(31)33-3)19(2)21-17-28-23-12-8-6-10-20(21)23/h5-12,17,19,24,28H,13-16H2,1-4H3,(H,29,32)/t19-,24+/m0/s1. The van der Waals surface area contributed by atoms with Gasteiger partial charge in [0.15, 0.2) is 0 Å². The number of nitrogens with zero attached hydrogens (tertiary/aromatic N) is 1. The molecular formula is C27H33N3O4. The molecule has 4 rings (SSSR count). The van der Waals surface area contributed by atoms with Crippen molar-refractivity contribution >= 4 is 22.9 Å². The lowest BCUT2D eigenvalue weighted by atomic mass is 9.82. The number of aromatic nitrogens is 1. The van der Waals surface area contributed by atoms with Gasteiger partial charge in [0.2, 0.25) is 0 Å². The van der Waals surface area contributed by atoms with E-state index in [9.17, 15) is 9.59 Å². The van der Waals surface area contributed by atoms with E-state index >= 15 is 0 Å². The van der Waals surface area contributed by atoms with Crippen molar-refractivity contribution in [3.63, 3.8) is 0 Å². The molecule has 0 radical (unpaired) electrons. The fraction of sp³-hybridized carbons (Fsp3) is 0.407. The van der Waals surface area contributed by atoms with Crippen LogP contribution in [-0.4, -0.2) is 55.2 Å². The van der Waals surface area contributed by atoms with Crippen molar-refractivity contribution in [2.45, 2.75) is 44.2 Å². The molecule has 2 atom stereocenters. The summed E-state index contributed by atoms with van der Waals surface area (Å²) in [7, 11) is 3.08. The Morgan fingerprint density at radius 1 is 1.06 bits per heavy atom. The number of amides is 2. The molecule has 1 aromatic heterocycles. The number of para-hydroxylation sites is 1. The SMILES string of the molecule is COC(=O)[C@H](NC(=O)N1CCC(OC)(c2ccccc2C)CC1)[C@@H](C)c1c[nH]c2ccccc12. The number of likely N-dealkylation sites (tertiary alicyclic amines) is 1. The molecule has 7 nitrogen and oxygen atoms in total. The predicted molar refractivity (Wildman–Crippen MR) is 132 cm³/mol. The highest BCUT2D eigenvalue weighted by Gasteiger charge is 2.39. The molecule has 0 aliphatic carbocycles. The van der Waals surface area contributed by atoms with Gasteiger partial charge in [0.25, 0.3) is 0 Å². The molecule has 3 aromatic rings. The van der Waals surface area contributed by atoms with E-state index in [1.165, 1.54) is 12.7 Å². The van der Waals surface area contributed by atoms with E-state index in [4.69, 9.17) is 9.47 Å². The van der Waals surface area contributed by atoms with Crippen molar-refractivity contribution < 1.29 is 19.1 Å². The molecule has 7 heteroatoms. The van der Waals surface area contributed by atoms with Gasteiger partial charge >= 0.3 is 12.0 Å². The number of benzene rings is 2. The number of H-pyrrole nitrogens is 1. The third kappa shape index (κ3) is 4.40. The summed E-state index contributed by atoms with van der Waals surface area (Å²) in [6.45, 7) is 5.08. The van der Waals surface area contributed by atoms with Gasteiger partial charge in [-0.1, -0.05) is 49.4 Å². The molecule has 1 saturated heterocycles. The van der Waals surface area contributed by atoms with E-state index in [1.54, 1.807) is 12.0 Å². The molecule has 2 aromatic carbocycles. The van der Waals surface area contributed by atoms with Gasteiger partial charge in [-0.2, -0.15) is 0 Å². The molecule has 180 valence electrons. The number of ether oxygens (including phenoxy) is 2. The molecule has 0 bridgehead atoms. The number of rotatable bonds is 6. The summed E-state index contributed by atoms with van der Waals surface area (Å²) in [5.74, 6) is -0.739. The van der Waals surface area contributed by atoms with Gasteiger partial charge in [-0.25, -0.2) is 9.59 Å². The zero-order valence-electron chi connectivity index (χ0n) is 20.3. The lowest BCUT2D eigenvalue weighted by Gasteiger charge is -2.42. The molecule has 1 aliphatic heterocycles. The van der Waals surface area contributed by atoms with Crippen LogP contribution in [0.1, 0.15) is 42.4 Å². The zero-order chi connectivity index (χ0) is 24.3. The van der Waals surface area contributed by atoms with Gasteiger partial charge < -0.3 is 24.7 Å². The Bertz CT molecular complexity index is 1160. The van der Waals surface area contributed by atoms with E-state index in [2.05, 4.69) is 29.4 Å². The molecule has 0 saturated carbocycles. The van der Waals surface area contributed by atoms with Crippen molar-refractivity contribution in [3.05, 3.63) is 71.4 Å². The van der Waals surface area contributed by atoms with Crippen molar-refractivity contribution in [1.82, 2.24) is 15.2 Å². The molecule has 2 N–H and O–H groups in total. The van der Waals surface area contributed by atoms with Crippen LogP contribution in [0.4, 0.5) is 4.79 Å². The monoisotopic (exact) mass is 463 g/mol. The smallest absolute Gasteiger partial charge is 0.329 e. The van der Waals surface area contributed by atoms with Crippen molar-refractivity contribution in [1.29, 1.82) is 0 Å². The number of hydrogen-bond donors (Lipinski definition) is 2. The highest BCUT2D eigenvalue weighted by atomic mass is 16.5. The summed E-state index contributed by atoms with van der Waals surface area (Å²) in [5.41, 5.74) is 3.88. The average molecular weight is 464 g/mol. The molecule has 34 heavy (non-hydrogen) atoms. The van der Waals surface area contributed by atoms with Crippen LogP contribution in [0.3, 0.4) is 0 Å². The van der Waals surface area contributed by atoms with E-state index in [1.807, 2.05) is 49.5 Å². The zero-order valence-corrected chi connectivity index (χ0v) is 20.3. The summed E-state index contributed by atoms with van der Waals surface area (Å²) in [4.78, 5) is 30.9. The van der Waals surface area contributed by atoms with Crippen LogP contribution in [0.2, 0.25) is 0 Å². The third-order valence-corrected chi connectivity index (χ3v) is 7.23. The summed E-state index contributed by atoms with van der Waals surface area (Å²) < 4.78 is 11.1. The molecule has 1 fully saturated rings. The number of hydrogen-bond acceptors (Lipinski definition) is 4. The molecule has 0 spiro atoms. The van der Waals surface area contributed by atoms with Gasteiger partial charge in [0.1, 0.15) is 6.04 Å². The first-order valence-electron chi connectivity index (χ1n) is 11.7. The number of esters is 1. The van der Waals surface area contributed by atoms with E-state index in [0.717, 1.165) is 22.0 Å². The number of urea groups is 1. The lowest BCUT2D eigenvalue weighted by Crippen LogP contribution is -2.54. The average Bonchev–Trinajstić information content (AvgIpc) is 3.31. The maximum atomic E-state index is 13.2. The van der Waals surface area contributed by atoms with Crippen LogP contribution in [-0.2, 0) is 19.9 Å². The van der Waals surface area contributed by atoms with E-state index in [-0.39, 0.29) is 11.9 Å². The Hall–Kier alpha value is -3.32. The first-order valence-corrected chi connectivity index (χ1v) is 11.7. The number of aromatic amines is 1. The number of carbonyl (C=O) groups is 2. The second-order valence-electron chi connectivity index (χ2n) is 9.03. The fourth-order valence-corrected chi connectivity index (χ4v) is 5.13. The first kappa shape index (κ1) is 23.8. The normalized spacial score (nSPS) is 17.2. The lowest BCUT2D eigenvalue weighted by molar-refractivity contribution is -0.143. The number of methoxy groups -OCH3 is 2. The van der Waals surface area contributed by atoms with Crippen molar-refractivity contribution in [3.8, 4) is 0 Å². The summed E-state index contributed by atoms with van der Waals surface area (Å²) in [5, 5.41) is 3.97. The van der Waals surface area contributed by atoms with Crippen LogP contribution < -0.4 is 5.32 Å². The minimum Gasteiger partial charge on any atom is -0.467 e. The molecule has 1 aliphatic rings. The number of nitrogens with one attached hydrogen (secondary N) is 2. The summed E-state index contributed by atoms with van der Waals surface area (Å²) in [6, 6.07) is 15.1. The molecule has 2 amide bonds. The maximum absolute atomic E-state index is 13.2. The maximum Gasteiger partial charge on any atom is 0.329 e. The van der Waals surface area contributed by atoms with Crippen LogP contribution in [0, 0.1) is 6.92 Å². The predicted octanol–water partition coefficient (Wildman–Crippen LogP) is 4.47. The van der Waals surface area contributed by atoms with Crippen molar-refractivity contribution in [2.75, 3.05) is 27.3 Å². The molecule has 2 heterocycles. The number of piperidine rings is 1. The van der Waals surface area contributed by atoms with Gasteiger partial charge in [-0.15, -0.1) is 0 Å². The minimum absolute atomic E-state index is 0.267. The molecular weight excluding hydrogens is 430 g/mol. The Balaban J connectivity index is 1.49.